The fourth-order valence-corrected chi connectivity index (χ4v) is 3.84. The topological polar surface area (TPSA) is 29.1 Å². The minimum Gasteiger partial charge on any atom is -0.317 e. The average Bonchev–Trinajstić information content (AvgIpc) is 2.83. The summed E-state index contributed by atoms with van der Waals surface area (Å²) in [5.41, 5.74) is 4.86. The number of carbonyl (C=O) groups excluding carboxylic acids is 1. The molecule has 0 aliphatic heterocycles. The molecule has 1 aliphatic rings. The predicted octanol–water partition coefficient (Wildman–Crippen LogP) is 8.02. The van der Waals surface area contributed by atoms with E-state index in [0.29, 0.717) is 6.04 Å². The Morgan fingerprint density at radius 1 is 0.969 bits per heavy atom. The Kier molecular flexibility index (Phi) is 11.5. The van der Waals surface area contributed by atoms with Crippen LogP contribution in [0.15, 0.2) is 72.8 Å². The first-order valence-corrected chi connectivity index (χ1v) is 11.9. The molecule has 170 valence electrons. The molecule has 0 spiro atoms. The van der Waals surface area contributed by atoms with Crippen LogP contribution in [-0.2, 0) is 4.79 Å². The van der Waals surface area contributed by atoms with Gasteiger partial charge >= 0.3 is 0 Å². The summed E-state index contributed by atoms with van der Waals surface area (Å²) in [4.78, 5) is 11.2. The van der Waals surface area contributed by atoms with E-state index in [4.69, 9.17) is 23.2 Å². The minimum absolute atomic E-state index is 0.0988. The number of allylic oxidation sites excluding steroid dienone is 5. The van der Waals surface area contributed by atoms with Gasteiger partial charge in [-0.3, -0.25) is 0 Å². The van der Waals surface area contributed by atoms with Crippen molar-refractivity contribution in [3.8, 4) is 0 Å². The Labute approximate surface area is 203 Å². The summed E-state index contributed by atoms with van der Waals surface area (Å²) in [6.45, 7) is 4.19. The van der Waals surface area contributed by atoms with Crippen LogP contribution in [0, 0.1) is 5.92 Å². The molecule has 0 bridgehead atoms. The lowest BCUT2D eigenvalue weighted by Gasteiger charge is -2.25. The molecule has 0 fully saturated rings. The SMILES string of the molecule is C/C=C\C=C/CC(C)NC.O=CC1CCC(c2ccc(Cl)cc2)=C(c2ccc(Cl)cc2)C1. The second-order valence-corrected chi connectivity index (χ2v) is 8.86. The van der Waals surface area contributed by atoms with E-state index < -0.39 is 0 Å². The van der Waals surface area contributed by atoms with Crippen LogP contribution in [0.2, 0.25) is 10.0 Å². The first kappa shape index (κ1) is 26.1. The summed E-state index contributed by atoms with van der Waals surface area (Å²) in [6.07, 6.45) is 13.1. The number of carbonyl (C=O) groups is 1. The average molecular weight is 470 g/mol. The van der Waals surface area contributed by atoms with E-state index in [1.807, 2.05) is 62.5 Å². The van der Waals surface area contributed by atoms with Crippen molar-refractivity contribution in [2.24, 2.45) is 5.92 Å². The normalized spacial score (nSPS) is 17.3. The van der Waals surface area contributed by atoms with E-state index in [-0.39, 0.29) is 5.92 Å². The number of hydrogen-bond donors (Lipinski definition) is 1. The highest BCUT2D eigenvalue weighted by molar-refractivity contribution is 6.31. The van der Waals surface area contributed by atoms with E-state index in [9.17, 15) is 4.79 Å². The second kappa shape index (κ2) is 14.1. The van der Waals surface area contributed by atoms with E-state index in [1.54, 1.807) is 0 Å². The molecule has 1 N–H and O–H groups in total. The zero-order chi connectivity index (χ0) is 23.3. The number of rotatable bonds is 7. The van der Waals surface area contributed by atoms with Crippen LogP contribution in [-0.4, -0.2) is 19.4 Å². The first-order chi connectivity index (χ1) is 15.5. The molecule has 0 saturated carbocycles. The maximum atomic E-state index is 11.2. The Balaban J connectivity index is 0.000000309. The predicted molar refractivity (Wildman–Crippen MR) is 140 cm³/mol. The van der Waals surface area contributed by atoms with Crippen LogP contribution in [0.4, 0.5) is 0 Å². The molecule has 0 heterocycles. The third kappa shape index (κ3) is 8.43. The molecule has 4 heteroatoms. The van der Waals surface area contributed by atoms with Gasteiger partial charge in [-0.1, -0.05) is 71.8 Å². The Hall–Kier alpha value is -2.13. The highest BCUT2D eigenvalue weighted by atomic mass is 35.5. The first-order valence-electron chi connectivity index (χ1n) is 11.1. The zero-order valence-corrected chi connectivity index (χ0v) is 20.7. The van der Waals surface area contributed by atoms with E-state index >= 15 is 0 Å². The number of aldehydes is 1. The van der Waals surface area contributed by atoms with Crippen molar-refractivity contribution in [1.29, 1.82) is 0 Å². The van der Waals surface area contributed by atoms with Crippen molar-refractivity contribution in [2.45, 2.75) is 45.6 Å². The van der Waals surface area contributed by atoms with Crippen molar-refractivity contribution in [1.82, 2.24) is 5.32 Å². The molecule has 0 saturated heterocycles. The molecule has 0 radical (unpaired) electrons. The van der Waals surface area contributed by atoms with Crippen molar-refractivity contribution < 1.29 is 4.79 Å². The van der Waals surface area contributed by atoms with Crippen LogP contribution in [0.1, 0.15) is 50.7 Å². The van der Waals surface area contributed by atoms with Gasteiger partial charge in [0.1, 0.15) is 6.29 Å². The summed E-state index contributed by atoms with van der Waals surface area (Å²) in [5, 5.41) is 4.62. The van der Waals surface area contributed by atoms with Gasteiger partial charge in [-0.25, -0.2) is 0 Å². The largest absolute Gasteiger partial charge is 0.317 e. The van der Waals surface area contributed by atoms with Gasteiger partial charge in [0.15, 0.2) is 0 Å². The summed E-state index contributed by atoms with van der Waals surface area (Å²) >= 11 is 12.0. The molecule has 0 aromatic heterocycles. The molecule has 2 aromatic carbocycles. The molecule has 1 aliphatic carbocycles. The number of benzene rings is 2. The van der Waals surface area contributed by atoms with Gasteiger partial charge in [0.25, 0.3) is 0 Å². The van der Waals surface area contributed by atoms with Gasteiger partial charge in [-0.05, 0) is 93.1 Å². The van der Waals surface area contributed by atoms with Crippen molar-refractivity contribution >= 4 is 40.6 Å². The van der Waals surface area contributed by atoms with Crippen molar-refractivity contribution in [2.75, 3.05) is 7.05 Å². The van der Waals surface area contributed by atoms with Crippen molar-refractivity contribution in [3.63, 3.8) is 0 Å². The van der Waals surface area contributed by atoms with E-state index in [2.05, 4.69) is 36.5 Å². The molecule has 32 heavy (non-hydrogen) atoms. The minimum atomic E-state index is 0.0988. The zero-order valence-electron chi connectivity index (χ0n) is 19.2. The van der Waals surface area contributed by atoms with Gasteiger partial charge < -0.3 is 10.1 Å². The summed E-state index contributed by atoms with van der Waals surface area (Å²) in [5.74, 6) is 0.0988. The van der Waals surface area contributed by atoms with Gasteiger partial charge in [-0.15, -0.1) is 0 Å². The summed E-state index contributed by atoms with van der Waals surface area (Å²) < 4.78 is 0. The molecule has 2 nitrogen and oxygen atoms in total. The Morgan fingerprint density at radius 3 is 2.03 bits per heavy atom. The van der Waals surface area contributed by atoms with Gasteiger partial charge in [0.05, 0.1) is 0 Å². The lowest BCUT2D eigenvalue weighted by molar-refractivity contribution is -0.111. The van der Waals surface area contributed by atoms with Crippen LogP contribution in [0.5, 0.6) is 0 Å². The maximum Gasteiger partial charge on any atom is 0.123 e. The summed E-state index contributed by atoms with van der Waals surface area (Å²) in [6, 6.07) is 16.4. The van der Waals surface area contributed by atoms with Crippen LogP contribution in [0.3, 0.4) is 0 Å². The lowest BCUT2D eigenvalue weighted by Crippen LogP contribution is -2.19. The van der Waals surface area contributed by atoms with E-state index in [1.165, 1.54) is 16.7 Å². The fourth-order valence-electron chi connectivity index (χ4n) is 3.59. The third-order valence-corrected chi connectivity index (χ3v) is 6.10. The lowest BCUT2D eigenvalue weighted by atomic mass is 9.79. The van der Waals surface area contributed by atoms with E-state index in [0.717, 1.165) is 47.6 Å². The Bertz CT molecular complexity index is 927. The van der Waals surface area contributed by atoms with Crippen LogP contribution >= 0.6 is 23.2 Å². The number of hydrogen-bond acceptors (Lipinski definition) is 2. The quantitative estimate of drug-likeness (QED) is 0.328. The van der Waals surface area contributed by atoms with Gasteiger partial charge in [0.2, 0.25) is 0 Å². The van der Waals surface area contributed by atoms with Crippen LogP contribution in [0.25, 0.3) is 11.1 Å². The molecule has 3 rings (SSSR count). The monoisotopic (exact) mass is 469 g/mol. The highest BCUT2D eigenvalue weighted by Crippen LogP contribution is 2.40. The molecule has 2 aromatic rings. The molecular formula is C28H33Cl2NO. The van der Waals surface area contributed by atoms with Gasteiger partial charge in [-0.2, -0.15) is 0 Å². The Morgan fingerprint density at radius 2 is 1.53 bits per heavy atom. The van der Waals surface area contributed by atoms with Crippen LogP contribution < -0.4 is 5.32 Å². The molecular weight excluding hydrogens is 437 g/mol. The highest BCUT2D eigenvalue weighted by Gasteiger charge is 2.22. The summed E-state index contributed by atoms with van der Waals surface area (Å²) in [7, 11) is 1.98. The van der Waals surface area contributed by atoms with Crippen molar-refractivity contribution in [3.05, 3.63) is 94.0 Å². The van der Waals surface area contributed by atoms with Gasteiger partial charge in [0, 0.05) is 22.0 Å². The molecule has 2 unspecified atom stereocenters. The second-order valence-electron chi connectivity index (χ2n) is 7.99. The fraction of sp³-hybridized carbons (Fsp3) is 0.321. The maximum absolute atomic E-state index is 11.2. The molecule has 0 amide bonds. The molecule has 2 atom stereocenters. The number of nitrogens with one attached hydrogen (secondary N) is 1. The number of halogens is 2. The smallest absolute Gasteiger partial charge is 0.123 e. The third-order valence-electron chi connectivity index (χ3n) is 5.60. The standard InChI is InChI=1S/C19H16Cl2O.C9H17N/c20-16-6-2-14(3-7-16)18-10-1-13(12-22)11-19(18)15-4-8-17(21)9-5-15;1-4-5-6-7-8-9(2)10-3/h2-9,12-13H,1,10-11H2;4-7,9-10H,8H2,1-3H3/b;5-4-,7-6-.